The van der Waals surface area contributed by atoms with E-state index < -0.39 is 6.04 Å². The molecule has 1 aliphatic carbocycles. The molecule has 34 heavy (non-hydrogen) atoms. The largest absolute Gasteiger partial charge is 0.352 e. The van der Waals surface area contributed by atoms with Gasteiger partial charge in [0.15, 0.2) is 0 Å². The average Bonchev–Trinajstić information content (AvgIpc) is 3.64. The number of pyridine rings is 1. The Balaban J connectivity index is 1.62. The minimum absolute atomic E-state index is 0.0529. The highest BCUT2D eigenvalue weighted by atomic mass is 35.5. The molecule has 3 aromatic rings. The van der Waals surface area contributed by atoms with Crippen LogP contribution in [0.2, 0.25) is 0 Å². The van der Waals surface area contributed by atoms with E-state index in [-0.39, 0.29) is 35.3 Å². The van der Waals surface area contributed by atoms with E-state index in [1.807, 2.05) is 45.0 Å². The molecule has 0 aliphatic heterocycles. The van der Waals surface area contributed by atoms with Crippen molar-refractivity contribution in [2.45, 2.75) is 57.5 Å². The molecule has 4 rings (SSSR count). The first kappa shape index (κ1) is 24.0. The van der Waals surface area contributed by atoms with E-state index in [1.54, 1.807) is 30.5 Å². The van der Waals surface area contributed by atoms with E-state index in [1.165, 1.54) is 4.57 Å². The summed E-state index contributed by atoms with van der Waals surface area (Å²) < 4.78 is 1.51. The third-order valence-corrected chi connectivity index (χ3v) is 6.69. The first-order valence-corrected chi connectivity index (χ1v) is 12.2. The van der Waals surface area contributed by atoms with E-state index in [0.29, 0.717) is 22.3 Å². The predicted octanol–water partition coefficient (Wildman–Crippen LogP) is 4.96. The zero-order valence-electron chi connectivity index (χ0n) is 19.7. The molecule has 1 aromatic heterocycles. The van der Waals surface area contributed by atoms with Crippen molar-refractivity contribution in [3.05, 3.63) is 76.2 Å². The van der Waals surface area contributed by atoms with Gasteiger partial charge in [-0.3, -0.25) is 14.4 Å². The first-order chi connectivity index (χ1) is 16.3. The molecular formula is C27H30ClN3O3. The van der Waals surface area contributed by atoms with E-state index >= 15 is 0 Å². The van der Waals surface area contributed by atoms with Gasteiger partial charge in [-0.15, -0.1) is 11.6 Å². The topological polar surface area (TPSA) is 80.2 Å². The van der Waals surface area contributed by atoms with Gasteiger partial charge in [-0.2, -0.15) is 0 Å². The smallest absolute Gasteiger partial charge is 0.259 e. The number of amides is 2. The molecule has 2 aromatic carbocycles. The number of hydrogen-bond acceptors (Lipinski definition) is 3. The summed E-state index contributed by atoms with van der Waals surface area (Å²) in [5.74, 6) is -0.301. The zero-order valence-corrected chi connectivity index (χ0v) is 20.4. The van der Waals surface area contributed by atoms with Gasteiger partial charge in [-0.1, -0.05) is 44.2 Å². The van der Waals surface area contributed by atoms with Crippen molar-refractivity contribution in [3.63, 3.8) is 0 Å². The van der Waals surface area contributed by atoms with Gasteiger partial charge in [0.2, 0.25) is 11.8 Å². The fourth-order valence-corrected chi connectivity index (χ4v) is 4.35. The van der Waals surface area contributed by atoms with Crippen molar-refractivity contribution in [3.8, 4) is 0 Å². The van der Waals surface area contributed by atoms with Crippen molar-refractivity contribution in [1.29, 1.82) is 0 Å². The third-order valence-electron chi connectivity index (χ3n) is 6.38. The highest BCUT2D eigenvalue weighted by molar-refractivity contribution is 6.17. The number of halogens is 1. The van der Waals surface area contributed by atoms with Gasteiger partial charge in [0, 0.05) is 34.6 Å². The van der Waals surface area contributed by atoms with E-state index in [2.05, 4.69) is 10.6 Å². The van der Waals surface area contributed by atoms with Crippen LogP contribution in [0.25, 0.3) is 10.8 Å². The number of hydrogen-bond donors (Lipinski definition) is 2. The Morgan fingerprint density at radius 1 is 1.00 bits per heavy atom. The quantitative estimate of drug-likeness (QED) is 0.448. The standard InChI is InChI=1S/C27H30ClN3O3/c1-16(2)24(26(33)29-20-11-12-20)31-14-13-21-22(27(31)34)5-4-6-23(21)30-25(32)17(3)19-9-7-18(15-28)8-10-19/h4-10,13-14,16-17,20,24H,11-12,15H2,1-3H3,(H,29,33)(H,30,32)/t17-,24+/m0/s1. The van der Waals surface area contributed by atoms with Gasteiger partial charge < -0.3 is 15.2 Å². The number of carbonyl (C=O) groups is 2. The van der Waals surface area contributed by atoms with Crippen LogP contribution in [0.15, 0.2) is 59.5 Å². The fraction of sp³-hybridized carbons (Fsp3) is 0.370. The summed E-state index contributed by atoms with van der Waals surface area (Å²) in [6.07, 6.45) is 3.63. The second-order valence-electron chi connectivity index (χ2n) is 9.35. The minimum atomic E-state index is -0.591. The molecule has 1 aliphatic rings. The monoisotopic (exact) mass is 479 g/mol. The molecule has 2 amide bonds. The molecule has 7 heteroatoms. The van der Waals surface area contributed by atoms with E-state index in [4.69, 9.17) is 11.6 Å². The number of carbonyl (C=O) groups excluding carboxylic acids is 2. The Labute approximate surface area is 204 Å². The van der Waals surface area contributed by atoms with Crippen LogP contribution in [0.3, 0.4) is 0 Å². The molecule has 1 saturated carbocycles. The van der Waals surface area contributed by atoms with Gasteiger partial charge in [-0.05, 0) is 55.0 Å². The third kappa shape index (κ3) is 5.02. The molecular weight excluding hydrogens is 450 g/mol. The molecule has 6 nitrogen and oxygen atoms in total. The number of benzene rings is 2. The predicted molar refractivity (Wildman–Crippen MR) is 136 cm³/mol. The lowest BCUT2D eigenvalue weighted by molar-refractivity contribution is -0.125. The minimum Gasteiger partial charge on any atom is -0.352 e. The summed E-state index contributed by atoms with van der Waals surface area (Å²) in [5, 5.41) is 7.10. The van der Waals surface area contributed by atoms with Crippen LogP contribution in [-0.2, 0) is 15.5 Å². The molecule has 178 valence electrons. The van der Waals surface area contributed by atoms with Gasteiger partial charge in [0.05, 0.1) is 5.92 Å². The highest BCUT2D eigenvalue weighted by Crippen LogP contribution is 2.27. The summed E-state index contributed by atoms with van der Waals surface area (Å²) in [6, 6.07) is 14.3. The summed E-state index contributed by atoms with van der Waals surface area (Å²) in [7, 11) is 0. The second kappa shape index (κ2) is 10.0. The van der Waals surface area contributed by atoms with Gasteiger partial charge in [0.25, 0.3) is 5.56 Å². The Bertz CT molecular complexity index is 1260. The lowest BCUT2D eigenvalue weighted by Crippen LogP contribution is -2.40. The maximum atomic E-state index is 13.4. The van der Waals surface area contributed by atoms with Crippen LogP contribution in [-0.4, -0.2) is 22.4 Å². The van der Waals surface area contributed by atoms with Crippen LogP contribution < -0.4 is 16.2 Å². The van der Waals surface area contributed by atoms with Crippen molar-refractivity contribution in [2.24, 2.45) is 5.92 Å². The first-order valence-electron chi connectivity index (χ1n) is 11.7. The number of rotatable bonds is 8. The Morgan fingerprint density at radius 3 is 2.32 bits per heavy atom. The SMILES string of the molecule is CC(C)[C@H](C(=O)NC1CC1)n1ccc2c(NC(=O)[C@@H](C)c3ccc(CCl)cc3)cccc2c1=O. The van der Waals surface area contributed by atoms with Gasteiger partial charge in [0.1, 0.15) is 6.04 Å². The Morgan fingerprint density at radius 2 is 1.71 bits per heavy atom. The van der Waals surface area contributed by atoms with Gasteiger partial charge in [-0.25, -0.2) is 0 Å². The summed E-state index contributed by atoms with van der Waals surface area (Å²) in [4.78, 5) is 39.2. The molecule has 2 atom stereocenters. The van der Waals surface area contributed by atoms with Gasteiger partial charge >= 0.3 is 0 Å². The molecule has 1 fully saturated rings. The molecule has 0 radical (unpaired) electrons. The lowest BCUT2D eigenvalue weighted by Gasteiger charge is -2.23. The molecule has 0 bridgehead atoms. The number of alkyl halides is 1. The maximum Gasteiger partial charge on any atom is 0.259 e. The summed E-state index contributed by atoms with van der Waals surface area (Å²) in [5.41, 5.74) is 2.20. The highest BCUT2D eigenvalue weighted by Gasteiger charge is 2.31. The van der Waals surface area contributed by atoms with E-state index in [0.717, 1.165) is 24.0 Å². The van der Waals surface area contributed by atoms with Crippen LogP contribution in [0.1, 0.15) is 56.7 Å². The molecule has 0 unspecified atom stereocenters. The molecule has 0 saturated heterocycles. The second-order valence-corrected chi connectivity index (χ2v) is 9.62. The van der Waals surface area contributed by atoms with Crippen molar-refractivity contribution < 1.29 is 9.59 Å². The molecule has 2 N–H and O–H groups in total. The molecule has 1 heterocycles. The van der Waals surface area contributed by atoms with Crippen molar-refractivity contribution in [2.75, 3.05) is 5.32 Å². The zero-order chi connectivity index (χ0) is 24.4. The Hall–Kier alpha value is -3.12. The average molecular weight is 480 g/mol. The number of nitrogens with zero attached hydrogens (tertiary/aromatic N) is 1. The normalized spacial score (nSPS) is 15.2. The number of anilines is 1. The van der Waals surface area contributed by atoms with Crippen LogP contribution in [0, 0.1) is 5.92 Å². The number of aromatic nitrogens is 1. The van der Waals surface area contributed by atoms with Crippen molar-refractivity contribution >= 4 is 39.9 Å². The van der Waals surface area contributed by atoms with E-state index in [9.17, 15) is 14.4 Å². The van der Waals surface area contributed by atoms with Crippen molar-refractivity contribution in [1.82, 2.24) is 9.88 Å². The summed E-state index contributed by atoms with van der Waals surface area (Å²) in [6.45, 7) is 5.71. The van der Waals surface area contributed by atoms with Crippen LogP contribution in [0.5, 0.6) is 0 Å². The fourth-order valence-electron chi connectivity index (χ4n) is 4.17. The van der Waals surface area contributed by atoms with Crippen LogP contribution >= 0.6 is 11.6 Å². The summed E-state index contributed by atoms with van der Waals surface area (Å²) >= 11 is 5.86. The maximum absolute atomic E-state index is 13.4. The number of nitrogens with one attached hydrogen (secondary N) is 2. The number of fused-ring (bicyclic) bond motifs is 1. The lowest BCUT2D eigenvalue weighted by atomic mass is 9.99. The molecule has 0 spiro atoms. The van der Waals surface area contributed by atoms with Crippen LogP contribution in [0.4, 0.5) is 5.69 Å². The Kier molecular flexibility index (Phi) is 7.08.